The first-order valence-corrected chi connectivity index (χ1v) is 11.1. The highest BCUT2D eigenvalue weighted by Gasteiger charge is 2.34. The van der Waals surface area contributed by atoms with E-state index in [4.69, 9.17) is 9.47 Å². The fourth-order valence-corrected chi connectivity index (χ4v) is 4.04. The van der Waals surface area contributed by atoms with Crippen molar-refractivity contribution in [2.24, 2.45) is 0 Å². The third-order valence-corrected chi connectivity index (χ3v) is 5.75. The number of carbonyl (C=O) groups excluding carboxylic acids is 3. The van der Waals surface area contributed by atoms with Gasteiger partial charge in [-0.2, -0.15) is 0 Å². The molecule has 6 nitrogen and oxygen atoms in total. The van der Waals surface area contributed by atoms with Crippen LogP contribution in [0.3, 0.4) is 0 Å². The van der Waals surface area contributed by atoms with Crippen molar-refractivity contribution in [2.45, 2.75) is 6.92 Å². The van der Waals surface area contributed by atoms with Crippen molar-refractivity contribution < 1.29 is 23.9 Å². The van der Waals surface area contributed by atoms with Crippen molar-refractivity contribution in [1.29, 1.82) is 0 Å². The van der Waals surface area contributed by atoms with Gasteiger partial charge < -0.3 is 9.47 Å². The van der Waals surface area contributed by atoms with Crippen LogP contribution in [0.25, 0.3) is 6.08 Å². The number of carbonyl (C=O) groups is 3. The molecule has 0 spiro atoms. The second kappa shape index (κ2) is 10.2. The Morgan fingerprint density at radius 3 is 2.42 bits per heavy atom. The molecule has 2 amide bonds. The van der Waals surface area contributed by atoms with Gasteiger partial charge in [-0.25, -0.2) is 4.79 Å². The van der Waals surface area contributed by atoms with E-state index in [0.717, 1.165) is 22.9 Å². The topological polar surface area (TPSA) is 72.9 Å². The molecule has 1 heterocycles. The summed E-state index contributed by atoms with van der Waals surface area (Å²) in [6.45, 7) is 2.36. The maximum absolute atomic E-state index is 12.7. The standard InChI is InChI=1S/C26H21NO5S/c1-18-6-5-9-22(16-18)31-15-14-27-24(28)23(33-26(27)30)17-19-10-12-21(13-11-19)32-25(29)20-7-3-2-4-8-20/h2-13,16-17H,14-15H2,1H3/b23-17-. The van der Waals surface area contributed by atoms with Crippen molar-refractivity contribution >= 4 is 35.0 Å². The van der Waals surface area contributed by atoms with Crippen LogP contribution in [-0.2, 0) is 4.79 Å². The van der Waals surface area contributed by atoms with Gasteiger partial charge in [0.05, 0.1) is 17.0 Å². The normalized spacial score (nSPS) is 14.6. The number of nitrogens with zero attached hydrogens (tertiary/aromatic N) is 1. The number of amides is 2. The van der Waals surface area contributed by atoms with Crippen LogP contribution >= 0.6 is 11.8 Å². The summed E-state index contributed by atoms with van der Waals surface area (Å²) in [5, 5.41) is -0.326. The fourth-order valence-electron chi connectivity index (χ4n) is 3.18. The van der Waals surface area contributed by atoms with Crippen molar-refractivity contribution in [3.8, 4) is 11.5 Å². The van der Waals surface area contributed by atoms with Crippen molar-refractivity contribution in [3.63, 3.8) is 0 Å². The second-order valence-electron chi connectivity index (χ2n) is 7.32. The molecule has 1 saturated heterocycles. The smallest absolute Gasteiger partial charge is 0.343 e. The quantitative estimate of drug-likeness (QED) is 0.270. The number of hydrogen-bond donors (Lipinski definition) is 0. The molecule has 4 rings (SSSR count). The van der Waals surface area contributed by atoms with Crippen molar-refractivity contribution in [1.82, 2.24) is 4.90 Å². The third kappa shape index (κ3) is 5.70. The number of benzene rings is 3. The first kappa shape index (κ1) is 22.4. The lowest BCUT2D eigenvalue weighted by Crippen LogP contribution is -2.32. The molecule has 1 aliphatic heterocycles. The Balaban J connectivity index is 1.35. The Kier molecular flexibility index (Phi) is 6.90. The molecular formula is C26H21NO5S. The second-order valence-corrected chi connectivity index (χ2v) is 8.32. The van der Waals surface area contributed by atoms with Gasteiger partial charge in [0, 0.05) is 0 Å². The van der Waals surface area contributed by atoms with E-state index in [9.17, 15) is 14.4 Å². The summed E-state index contributed by atoms with van der Waals surface area (Å²) in [6.07, 6.45) is 1.65. The molecule has 1 fully saturated rings. The van der Waals surface area contributed by atoms with E-state index in [1.807, 2.05) is 37.3 Å². The van der Waals surface area contributed by atoms with Gasteiger partial charge in [0.2, 0.25) is 0 Å². The zero-order valence-electron chi connectivity index (χ0n) is 17.9. The third-order valence-electron chi connectivity index (χ3n) is 4.84. The van der Waals surface area contributed by atoms with Crippen LogP contribution in [0.5, 0.6) is 11.5 Å². The number of ether oxygens (including phenoxy) is 2. The van der Waals surface area contributed by atoms with Crippen molar-refractivity contribution in [2.75, 3.05) is 13.2 Å². The van der Waals surface area contributed by atoms with E-state index in [2.05, 4.69) is 0 Å². The van der Waals surface area contributed by atoms with E-state index in [1.165, 1.54) is 4.90 Å². The summed E-state index contributed by atoms with van der Waals surface area (Å²) >= 11 is 0.895. The van der Waals surface area contributed by atoms with E-state index in [-0.39, 0.29) is 24.3 Å². The SMILES string of the molecule is Cc1cccc(OCCN2C(=O)S/C(=C\c3ccc(OC(=O)c4ccccc4)cc3)C2=O)c1. The minimum atomic E-state index is -0.447. The Morgan fingerprint density at radius 2 is 1.70 bits per heavy atom. The highest BCUT2D eigenvalue weighted by Crippen LogP contribution is 2.32. The van der Waals surface area contributed by atoms with E-state index in [1.54, 1.807) is 54.6 Å². The molecule has 166 valence electrons. The predicted octanol–water partition coefficient (Wildman–Crippen LogP) is 5.33. The Labute approximate surface area is 195 Å². The lowest BCUT2D eigenvalue weighted by Gasteiger charge is -2.13. The number of aryl methyl sites for hydroxylation is 1. The molecule has 0 atom stereocenters. The molecule has 0 unspecified atom stereocenters. The van der Waals surface area contributed by atoms with Crippen LogP contribution in [0.15, 0.2) is 83.8 Å². The summed E-state index contributed by atoms with van der Waals surface area (Å²) in [6, 6.07) is 23.0. The molecule has 7 heteroatoms. The minimum Gasteiger partial charge on any atom is -0.492 e. The van der Waals surface area contributed by atoms with Gasteiger partial charge in [0.25, 0.3) is 11.1 Å². The van der Waals surface area contributed by atoms with Crippen LogP contribution in [0.2, 0.25) is 0 Å². The minimum absolute atomic E-state index is 0.171. The average Bonchev–Trinajstić information content (AvgIpc) is 3.08. The molecule has 3 aromatic carbocycles. The number of thioether (sulfide) groups is 1. The summed E-state index contributed by atoms with van der Waals surface area (Å²) < 4.78 is 11.0. The van der Waals surface area contributed by atoms with E-state index >= 15 is 0 Å². The van der Waals surface area contributed by atoms with Crippen LogP contribution in [0.4, 0.5) is 4.79 Å². The Morgan fingerprint density at radius 1 is 0.939 bits per heavy atom. The van der Waals surface area contributed by atoms with Crippen LogP contribution in [0.1, 0.15) is 21.5 Å². The number of imide groups is 1. The highest BCUT2D eigenvalue weighted by atomic mass is 32.2. The molecule has 0 bridgehead atoms. The highest BCUT2D eigenvalue weighted by molar-refractivity contribution is 8.18. The molecule has 0 saturated carbocycles. The number of rotatable bonds is 7. The molecule has 33 heavy (non-hydrogen) atoms. The zero-order chi connectivity index (χ0) is 23.2. The molecular weight excluding hydrogens is 438 g/mol. The molecule has 0 radical (unpaired) electrons. The van der Waals surface area contributed by atoms with Crippen LogP contribution in [-0.4, -0.2) is 35.2 Å². The number of esters is 1. The van der Waals surface area contributed by atoms with Gasteiger partial charge in [0.15, 0.2) is 0 Å². The summed E-state index contributed by atoms with van der Waals surface area (Å²) in [7, 11) is 0. The summed E-state index contributed by atoms with van der Waals surface area (Å²) in [5.74, 6) is 0.294. The average molecular weight is 460 g/mol. The van der Waals surface area contributed by atoms with Gasteiger partial charge in [-0.1, -0.05) is 42.5 Å². The largest absolute Gasteiger partial charge is 0.492 e. The fraction of sp³-hybridized carbons (Fsp3) is 0.115. The van der Waals surface area contributed by atoms with Gasteiger partial charge in [-0.05, 0) is 72.3 Å². The van der Waals surface area contributed by atoms with Crippen molar-refractivity contribution in [3.05, 3.63) is 100 Å². The van der Waals surface area contributed by atoms with Crippen LogP contribution in [0, 0.1) is 6.92 Å². The maximum Gasteiger partial charge on any atom is 0.343 e. The molecule has 0 N–H and O–H groups in total. The summed E-state index contributed by atoms with van der Waals surface area (Å²) in [5.41, 5.74) is 2.25. The maximum atomic E-state index is 12.7. The van der Waals surface area contributed by atoms with Crippen LogP contribution < -0.4 is 9.47 Å². The predicted molar refractivity (Wildman–Crippen MR) is 127 cm³/mol. The number of hydrogen-bond acceptors (Lipinski definition) is 6. The lowest BCUT2D eigenvalue weighted by molar-refractivity contribution is -0.123. The molecule has 3 aromatic rings. The molecule has 1 aliphatic rings. The van der Waals surface area contributed by atoms with Gasteiger partial charge in [-0.15, -0.1) is 0 Å². The van der Waals surface area contributed by atoms with Gasteiger partial charge >= 0.3 is 5.97 Å². The van der Waals surface area contributed by atoms with E-state index in [0.29, 0.717) is 22.0 Å². The molecule has 0 aromatic heterocycles. The molecule has 0 aliphatic carbocycles. The first-order chi connectivity index (χ1) is 16.0. The Bertz CT molecular complexity index is 1200. The Hall–Kier alpha value is -3.84. The van der Waals surface area contributed by atoms with Gasteiger partial charge in [-0.3, -0.25) is 14.5 Å². The van der Waals surface area contributed by atoms with Gasteiger partial charge in [0.1, 0.15) is 18.1 Å². The summed E-state index contributed by atoms with van der Waals surface area (Å²) in [4.78, 5) is 38.7. The first-order valence-electron chi connectivity index (χ1n) is 10.3. The lowest BCUT2D eigenvalue weighted by atomic mass is 10.2. The zero-order valence-corrected chi connectivity index (χ0v) is 18.7. The monoisotopic (exact) mass is 459 g/mol. The van der Waals surface area contributed by atoms with E-state index < -0.39 is 5.97 Å².